The molecule has 0 aliphatic carbocycles. The average molecular weight is 142 g/mol. The maximum atomic E-state index is 5.35. The Hall–Kier alpha value is -0.370. The van der Waals surface area contributed by atoms with E-state index in [0.717, 1.165) is 19.4 Å². The van der Waals surface area contributed by atoms with E-state index in [9.17, 15) is 0 Å². The molecule has 60 valence electrons. The number of unbranched alkanes of at least 4 members (excludes halogenated alkanes) is 2. The number of nitrogens with zero attached hydrogens (tertiary/aromatic N) is 1. The summed E-state index contributed by atoms with van der Waals surface area (Å²) in [5.41, 5.74) is 6.59. The van der Waals surface area contributed by atoms with Crippen LogP contribution in [-0.4, -0.2) is 19.3 Å². The Kier molecular flexibility index (Phi) is 6.50. The standard InChI is InChI=1S/C8H18N2/c1-8(10-2)6-4-3-5-7-9/h3-7,9H2,1-2H3. The fraction of sp³-hybridized carbons (Fsp3) is 0.875. The van der Waals surface area contributed by atoms with Gasteiger partial charge in [0.15, 0.2) is 0 Å². The van der Waals surface area contributed by atoms with E-state index < -0.39 is 0 Å². The van der Waals surface area contributed by atoms with Gasteiger partial charge in [-0.1, -0.05) is 6.42 Å². The quantitative estimate of drug-likeness (QED) is 0.459. The van der Waals surface area contributed by atoms with E-state index in [2.05, 4.69) is 11.9 Å². The first-order chi connectivity index (χ1) is 4.81. The minimum Gasteiger partial charge on any atom is -0.330 e. The average Bonchev–Trinajstić information content (AvgIpc) is 1.98. The molecule has 0 aromatic carbocycles. The van der Waals surface area contributed by atoms with Crippen molar-refractivity contribution in [2.75, 3.05) is 13.6 Å². The van der Waals surface area contributed by atoms with Crippen molar-refractivity contribution in [1.29, 1.82) is 0 Å². The molecule has 0 bridgehead atoms. The number of nitrogens with two attached hydrogens (primary N) is 1. The second-order valence-electron chi connectivity index (χ2n) is 2.56. The van der Waals surface area contributed by atoms with Crippen LogP contribution in [0, 0.1) is 0 Å². The molecule has 0 saturated carbocycles. The second kappa shape index (κ2) is 6.75. The minimum atomic E-state index is 0.822. The fourth-order valence-electron chi connectivity index (χ4n) is 0.814. The van der Waals surface area contributed by atoms with Gasteiger partial charge in [-0.2, -0.15) is 0 Å². The highest BCUT2D eigenvalue weighted by molar-refractivity contribution is 5.81. The Balaban J connectivity index is 3.04. The van der Waals surface area contributed by atoms with Crippen molar-refractivity contribution in [2.45, 2.75) is 32.6 Å². The molecule has 0 aromatic heterocycles. The highest BCUT2D eigenvalue weighted by Crippen LogP contribution is 1.99. The van der Waals surface area contributed by atoms with Gasteiger partial charge in [0.25, 0.3) is 0 Å². The Morgan fingerprint density at radius 2 is 2.00 bits per heavy atom. The molecule has 0 aliphatic rings. The van der Waals surface area contributed by atoms with E-state index >= 15 is 0 Å². The third-order valence-corrected chi connectivity index (χ3v) is 1.62. The maximum Gasteiger partial charge on any atom is 0.0276 e. The van der Waals surface area contributed by atoms with Crippen molar-refractivity contribution >= 4 is 5.71 Å². The molecule has 2 heteroatoms. The number of aliphatic imine (C=N–C) groups is 1. The zero-order chi connectivity index (χ0) is 7.82. The molecule has 0 fully saturated rings. The summed E-state index contributed by atoms with van der Waals surface area (Å²) in [5.74, 6) is 0. The Labute approximate surface area is 63.5 Å². The van der Waals surface area contributed by atoms with Gasteiger partial charge in [-0.15, -0.1) is 0 Å². The SMILES string of the molecule is CN=C(C)CCCCCN. The van der Waals surface area contributed by atoms with Crippen molar-refractivity contribution in [2.24, 2.45) is 10.7 Å². The zero-order valence-corrected chi connectivity index (χ0v) is 7.06. The lowest BCUT2D eigenvalue weighted by molar-refractivity contribution is 0.704. The Morgan fingerprint density at radius 3 is 2.50 bits per heavy atom. The number of hydrogen-bond acceptors (Lipinski definition) is 2. The summed E-state index contributed by atoms with van der Waals surface area (Å²) in [6.45, 7) is 2.89. The van der Waals surface area contributed by atoms with Crippen LogP contribution in [0.1, 0.15) is 32.6 Å². The summed E-state index contributed by atoms with van der Waals surface area (Å²) in [4.78, 5) is 4.07. The van der Waals surface area contributed by atoms with Crippen LogP contribution in [0.15, 0.2) is 4.99 Å². The normalized spacial score (nSPS) is 12.1. The summed E-state index contributed by atoms with van der Waals surface area (Å²) in [6, 6.07) is 0. The van der Waals surface area contributed by atoms with Gasteiger partial charge < -0.3 is 5.73 Å². The van der Waals surface area contributed by atoms with Crippen molar-refractivity contribution in [3.8, 4) is 0 Å². The molecule has 10 heavy (non-hydrogen) atoms. The predicted octanol–water partition coefficient (Wildman–Crippen LogP) is 1.60. The summed E-state index contributed by atoms with van der Waals surface area (Å²) in [5, 5.41) is 0. The maximum absolute atomic E-state index is 5.35. The molecule has 0 spiro atoms. The molecule has 0 heterocycles. The van der Waals surface area contributed by atoms with Gasteiger partial charge in [0.05, 0.1) is 0 Å². The van der Waals surface area contributed by atoms with Gasteiger partial charge in [0.1, 0.15) is 0 Å². The topological polar surface area (TPSA) is 38.4 Å². The summed E-state index contributed by atoms with van der Waals surface area (Å²) in [6.07, 6.45) is 4.76. The van der Waals surface area contributed by atoms with Crippen LogP contribution in [0.4, 0.5) is 0 Å². The van der Waals surface area contributed by atoms with Gasteiger partial charge in [0.2, 0.25) is 0 Å². The van der Waals surface area contributed by atoms with Crippen LogP contribution < -0.4 is 5.73 Å². The Morgan fingerprint density at radius 1 is 1.30 bits per heavy atom. The van der Waals surface area contributed by atoms with Crippen molar-refractivity contribution in [3.63, 3.8) is 0 Å². The molecule has 0 radical (unpaired) electrons. The van der Waals surface area contributed by atoms with Gasteiger partial charge in [-0.25, -0.2) is 0 Å². The molecule has 0 atom stereocenters. The van der Waals surface area contributed by atoms with Crippen LogP contribution in [0.3, 0.4) is 0 Å². The monoisotopic (exact) mass is 142 g/mol. The summed E-state index contributed by atoms with van der Waals surface area (Å²) < 4.78 is 0. The van der Waals surface area contributed by atoms with Crippen LogP contribution in [-0.2, 0) is 0 Å². The number of hydrogen-bond donors (Lipinski definition) is 1. The molecule has 0 rings (SSSR count). The molecule has 0 aromatic rings. The molecule has 0 saturated heterocycles. The largest absolute Gasteiger partial charge is 0.330 e. The van der Waals surface area contributed by atoms with E-state index in [1.54, 1.807) is 0 Å². The van der Waals surface area contributed by atoms with Crippen molar-refractivity contribution in [1.82, 2.24) is 0 Å². The Bertz CT molecular complexity index is 97.4. The van der Waals surface area contributed by atoms with Crippen LogP contribution >= 0.6 is 0 Å². The van der Waals surface area contributed by atoms with Gasteiger partial charge in [-0.05, 0) is 32.7 Å². The van der Waals surface area contributed by atoms with E-state index in [0.29, 0.717) is 0 Å². The van der Waals surface area contributed by atoms with Crippen molar-refractivity contribution in [3.05, 3.63) is 0 Å². The first kappa shape index (κ1) is 9.63. The van der Waals surface area contributed by atoms with Gasteiger partial charge in [0, 0.05) is 12.8 Å². The lowest BCUT2D eigenvalue weighted by Gasteiger charge is -1.97. The molecule has 2 N–H and O–H groups in total. The smallest absolute Gasteiger partial charge is 0.0276 e. The lowest BCUT2D eigenvalue weighted by Crippen LogP contribution is -1.98. The highest BCUT2D eigenvalue weighted by atomic mass is 14.7. The van der Waals surface area contributed by atoms with Gasteiger partial charge in [-0.3, -0.25) is 4.99 Å². The van der Waals surface area contributed by atoms with E-state index in [1.165, 1.54) is 18.6 Å². The molecule has 0 aliphatic heterocycles. The third kappa shape index (κ3) is 5.76. The third-order valence-electron chi connectivity index (χ3n) is 1.62. The first-order valence-electron chi connectivity index (χ1n) is 3.93. The fourth-order valence-corrected chi connectivity index (χ4v) is 0.814. The second-order valence-corrected chi connectivity index (χ2v) is 2.56. The summed E-state index contributed by atoms with van der Waals surface area (Å²) in [7, 11) is 1.85. The molecule has 2 nitrogen and oxygen atoms in total. The summed E-state index contributed by atoms with van der Waals surface area (Å²) >= 11 is 0. The first-order valence-corrected chi connectivity index (χ1v) is 3.93. The molecule has 0 unspecified atom stereocenters. The zero-order valence-electron chi connectivity index (χ0n) is 7.06. The minimum absolute atomic E-state index is 0.822. The van der Waals surface area contributed by atoms with E-state index in [-0.39, 0.29) is 0 Å². The van der Waals surface area contributed by atoms with Crippen molar-refractivity contribution < 1.29 is 0 Å². The van der Waals surface area contributed by atoms with Crippen LogP contribution in [0.25, 0.3) is 0 Å². The molecular weight excluding hydrogens is 124 g/mol. The van der Waals surface area contributed by atoms with Crippen LogP contribution in [0.2, 0.25) is 0 Å². The molecular formula is C8H18N2. The highest BCUT2D eigenvalue weighted by Gasteiger charge is 1.89. The van der Waals surface area contributed by atoms with E-state index in [4.69, 9.17) is 5.73 Å². The number of rotatable bonds is 5. The van der Waals surface area contributed by atoms with E-state index in [1.807, 2.05) is 7.05 Å². The predicted molar refractivity (Wildman–Crippen MR) is 46.6 cm³/mol. The molecule has 0 amide bonds. The van der Waals surface area contributed by atoms with Gasteiger partial charge >= 0.3 is 0 Å². The van der Waals surface area contributed by atoms with Crippen LogP contribution in [0.5, 0.6) is 0 Å². The lowest BCUT2D eigenvalue weighted by atomic mass is 10.1.